The minimum Gasteiger partial charge on any atom is -0.456 e. The molecule has 0 radical (unpaired) electrons. The number of benzene rings is 9. The summed E-state index contributed by atoms with van der Waals surface area (Å²) in [6, 6.07) is 75.0. The first-order valence-corrected chi connectivity index (χ1v) is 19.4. The second kappa shape index (κ2) is 13.3. The van der Waals surface area contributed by atoms with E-state index in [-0.39, 0.29) is 5.92 Å². The topological polar surface area (TPSA) is 18.1 Å². The molecule has 11 rings (SSSR count). The van der Waals surface area contributed by atoms with Crippen LogP contribution >= 0.6 is 0 Å². The lowest BCUT2D eigenvalue weighted by atomic mass is 9.84. The van der Waals surface area contributed by atoms with Crippen molar-refractivity contribution in [2.75, 3.05) is 0 Å². The Balaban J connectivity index is 1.10. The number of hydrogen-bond donors (Lipinski definition) is 0. The predicted octanol–water partition coefficient (Wildman–Crippen LogP) is 14.5. The highest BCUT2D eigenvalue weighted by atomic mass is 16.3. The van der Waals surface area contributed by atoms with E-state index >= 15 is 0 Å². The lowest BCUT2D eigenvalue weighted by molar-refractivity contribution is 0.667. The van der Waals surface area contributed by atoms with Gasteiger partial charge in [0.15, 0.2) is 0 Å². The van der Waals surface area contributed by atoms with Crippen LogP contribution in [0.1, 0.15) is 22.6 Å². The molecule has 264 valence electrons. The van der Waals surface area contributed by atoms with E-state index < -0.39 is 0 Å². The number of para-hydroxylation sites is 3. The number of fused-ring (bicyclic) bond motifs is 8. The molecule has 1 atom stereocenters. The molecule has 0 aliphatic carbocycles. The maximum Gasteiger partial charge on any atom is 0.135 e. The van der Waals surface area contributed by atoms with Crippen LogP contribution in [0, 0.1) is 0 Å². The van der Waals surface area contributed by atoms with Gasteiger partial charge >= 0.3 is 0 Å². The van der Waals surface area contributed by atoms with E-state index in [9.17, 15) is 0 Å². The van der Waals surface area contributed by atoms with E-state index in [1.54, 1.807) is 0 Å². The van der Waals surface area contributed by atoms with Crippen LogP contribution in [-0.2, 0) is 6.42 Å². The molecule has 0 aliphatic heterocycles. The lowest BCUT2D eigenvalue weighted by Gasteiger charge is -2.20. The van der Waals surface area contributed by atoms with Crippen molar-refractivity contribution in [3.8, 4) is 27.9 Å². The van der Waals surface area contributed by atoms with Gasteiger partial charge in [-0.3, -0.25) is 0 Å². The number of nitrogens with zero attached hydrogens (tertiary/aromatic N) is 1. The van der Waals surface area contributed by atoms with Crippen molar-refractivity contribution < 1.29 is 4.42 Å². The van der Waals surface area contributed by atoms with Crippen LogP contribution in [0.15, 0.2) is 211 Å². The molecule has 9 aromatic carbocycles. The van der Waals surface area contributed by atoms with Crippen LogP contribution < -0.4 is 0 Å². The Labute approximate surface area is 325 Å². The summed E-state index contributed by atoms with van der Waals surface area (Å²) >= 11 is 0. The predicted molar refractivity (Wildman–Crippen MR) is 235 cm³/mol. The van der Waals surface area contributed by atoms with Crippen LogP contribution in [0.2, 0.25) is 0 Å². The van der Waals surface area contributed by atoms with E-state index in [0.29, 0.717) is 0 Å². The van der Waals surface area contributed by atoms with Gasteiger partial charge in [0.25, 0.3) is 0 Å². The molecule has 0 spiro atoms. The van der Waals surface area contributed by atoms with Gasteiger partial charge in [0, 0.05) is 33.0 Å². The Morgan fingerprint density at radius 1 is 0.411 bits per heavy atom. The summed E-state index contributed by atoms with van der Waals surface area (Å²) in [5, 5.41) is 7.36. The van der Waals surface area contributed by atoms with Gasteiger partial charge in [-0.05, 0) is 87.0 Å². The summed E-state index contributed by atoms with van der Waals surface area (Å²) in [4.78, 5) is 0. The van der Waals surface area contributed by atoms with Crippen molar-refractivity contribution in [3.05, 3.63) is 223 Å². The largest absolute Gasteiger partial charge is 0.456 e. The molecule has 0 saturated heterocycles. The fourth-order valence-electron chi connectivity index (χ4n) is 8.91. The molecule has 56 heavy (non-hydrogen) atoms. The summed E-state index contributed by atoms with van der Waals surface area (Å²) in [5.74, 6) is 0.119. The van der Waals surface area contributed by atoms with Gasteiger partial charge in [-0.1, -0.05) is 170 Å². The number of furan rings is 1. The van der Waals surface area contributed by atoms with E-state index in [4.69, 9.17) is 4.42 Å². The monoisotopic (exact) mass is 715 g/mol. The Bertz CT molecular complexity index is 3210. The first-order chi connectivity index (χ1) is 27.8. The van der Waals surface area contributed by atoms with Gasteiger partial charge < -0.3 is 8.98 Å². The first kappa shape index (κ1) is 32.3. The Kier molecular flexibility index (Phi) is 7.67. The maximum atomic E-state index is 6.37. The Morgan fingerprint density at radius 2 is 1.05 bits per heavy atom. The van der Waals surface area contributed by atoms with Gasteiger partial charge in [-0.15, -0.1) is 0 Å². The summed E-state index contributed by atoms with van der Waals surface area (Å²) in [7, 11) is 0. The minimum absolute atomic E-state index is 0.119. The fraction of sp³-hybridized carbons (Fsp3) is 0.0370. The second-order valence-electron chi connectivity index (χ2n) is 14.8. The van der Waals surface area contributed by atoms with Crippen molar-refractivity contribution in [1.82, 2.24) is 4.57 Å². The highest BCUT2D eigenvalue weighted by Gasteiger charge is 2.21. The highest BCUT2D eigenvalue weighted by Crippen LogP contribution is 2.41. The molecule has 11 aromatic rings. The number of aromatic nitrogens is 1. The van der Waals surface area contributed by atoms with Crippen molar-refractivity contribution in [2.24, 2.45) is 0 Å². The van der Waals surface area contributed by atoms with Gasteiger partial charge in [0.2, 0.25) is 0 Å². The van der Waals surface area contributed by atoms with Crippen LogP contribution in [-0.4, -0.2) is 4.57 Å². The lowest BCUT2D eigenvalue weighted by Crippen LogP contribution is -2.05. The molecular weight excluding hydrogens is 679 g/mol. The average Bonchev–Trinajstić information content (AvgIpc) is 3.82. The normalized spacial score (nSPS) is 12.3. The zero-order valence-corrected chi connectivity index (χ0v) is 30.8. The van der Waals surface area contributed by atoms with Gasteiger partial charge in [-0.25, -0.2) is 0 Å². The average molecular weight is 716 g/mol. The third-order valence-electron chi connectivity index (χ3n) is 11.6. The fourth-order valence-corrected chi connectivity index (χ4v) is 8.91. The van der Waals surface area contributed by atoms with E-state index in [1.165, 1.54) is 77.2 Å². The van der Waals surface area contributed by atoms with Crippen LogP contribution in [0.25, 0.3) is 82.5 Å². The third kappa shape index (κ3) is 5.41. The van der Waals surface area contributed by atoms with Crippen LogP contribution in [0.4, 0.5) is 0 Å². The molecule has 0 unspecified atom stereocenters. The van der Waals surface area contributed by atoms with E-state index in [1.807, 2.05) is 6.07 Å². The zero-order chi connectivity index (χ0) is 37.0. The van der Waals surface area contributed by atoms with Crippen molar-refractivity contribution in [1.29, 1.82) is 0 Å². The standard InChI is InChI=1S/C54H37NO/c1-3-13-37(14-4-1)38-24-26-40(27-25-38)47(33-36-23-31-45-44-18-9-12-22-52(44)56-53(45)34-36)42-29-28-41-30-32-51-54(48(41)35-42)46-19-8-11-21-50(46)55(51)49-20-10-7-17-43(49)39-15-5-2-6-16-39/h1-32,34-35,47H,33H2/t47-/m0/s1. The van der Waals surface area contributed by atoms with Gasteiger partial charge in [0.05, 0.1) is 16.7 Å². The molecule has 0 fully saturated rings. The quantitative estimate of drug-likeness (QED) is 0.161. The molecule has 0 amide bonds. The van der Waals surface area contributed by atoms with Gasteiger partial charge in [0.1, 0.15) is 11.2 Å². The van der Waals surface area contributed by atoms with Crippen LogP contribution in [0.5, 0.6) is 0 Å². The second-order valence-corrected chi connectivity index (χ2v) is 14.8. The summed E-state index contributed by atoms with van der Waals surface area (Å²) in [5.41, 5.74) is 14.2. The number of hydrogen-bond acceptors (Lipinski definition) is 1. The number of rotatable bonds is 7. The van der Waals surface area contributed by atoms with Crippen LogP contribution in [0.3, 0.4) is 0 Å². The molecule has 2 aromatic heterocycles. The Morgan fingerprint density at radius 3 is 1.89 bits per heavy atom. The van der Waals surface area contributed by atoms with Crippen molar-refractivity contribution >= 4 is 54.5 Å². The highest BCUT2D eigenvalue weighted by molar-refractivity contribution is 6.21. The molecule has 0 aliphatic rings. The Hall–Kier alpha value is -7.16. The zero-order valence-electron chi connectivity index (χ0n) is 30.8. The molecule has 0 bridgehead atoms. The molecule has 2 heteroatoms. The molecular formula is C54H37NO. The molecule has 2 nitrogen and oxygen atoms in total. The van der Waals surface area contributed by atoms with Gasteiger partial charge in [-0.2, -0.15) is 0 Å². The SMILES string of the molecule is c1ccc(-c2ccc([C@H](Cc3ccc4c(c3)oc3ccccc34)c3ccc4ccc5c(c4c3)c3ccccc3n5-c3ccccc3-c3ccccc3)cc2)cc1. The molecule has 0 N–H and O–H groups in total. The summed E-state index contributed by atoms with van der Waals surface area (Å²) in [6.45, 7) is 0. The molecule has 0 saturated carbocycles. The van der Waals surface area contributed by atoms with E-state index in [2.05, 4.69) is 205 Å². The van der Waals surface area contributed by atoms with E-state index in [0.717, 1.165) is 28.4 Å². The molecule has 2 heterocycles. The summed E-state index contributed by atoms with van der Waals surface area (Å²) < 4.78 is 8.83. The third-order valence-corrected chi connectivity index (χ3v) is 11.6. The summed E-state index contributed by atoms with van der Waals surface area (Å²) in [6.07, 6.45) is 0.839. The maximum absolute atomic E-state index is 6.37. The first-order valence-electron chi connectivity index (χ1n) is 19.4. The minimum atomic E-state index is 0.119. The smallest absolute Gasteiger partial charge is 0.135 e. The van der Waals surface area contributed by atoms with Crippen molar-refractivity contribution in [3.63, 3.8) is 0 Å². The van der Waals surface area contributed by atoms with Crippen molar-refractivity contribution in [2.45, 2.75) is 12.3 Å².